The summed E-state index contributed by atoms with van der Waals surface area (Å²) in [5.41, 5.74) is 2.13. The minimum atomic E-state index is 0.271. The molecule has 0 amide bonds. The lowest BCUT2D eigenvalue weighted by atomic mass is 10.0. The molecule has 0 aliphatic carbocycles. The molecule has 0 aromatic heterocycles. The molecule has 2 fully saturated rings. The Morgan fingerprint density at radius 3 is 2.40 bits per heavy atom. The molecule has 0 radical (unpaired) electrons. The van der Waals surface area contributed by atoms with Crippen LogP contribution in [0.1, 0.15) is 18.4 Å². The zero-order valence-electron chi connectivity index (χ0n) is 18.1. The van der Waals surface area contributed by atoms with Crippen molar-refractivity contribution in [2.75, 3.05) is 58.4 Å². The second kappa shape index (κ2) is 9.58. The van der Waals surface area contributed by atoms with Crippen LogP contribution in [0.5, 0.6) is 17.2 Å². The Morgan fingerprint density at radius 2 is 1.63 bits per heavy atom. The molecule has 2 aliphatic heterocycles. The number of piperidine rings is 1. The van der Waals surface area contributed by atoms with E-state index in [4.69, 9.17) is 9.47 Å². The standard InChI is InChI=1S/C24H33N3O3/c1-29-22-10-4-3-9-21(22)27-15-13-26(14-16-27)20-8-6-12-25(18-20)17-19-7-5-11-23(30-2)24(19)28/h3-5,7,9-11,20,28H,6,8,12-18H2,1-2H3/t20-/m1/s1. The number of para-hydroxylation sites is 3. The molecule has 1 N–H and O–H groups in total. The zero-order chi connectivity index (χ0) is 20.9. The van der Waals surface area contributed by atoms with Gasteiger partial charge in [-0.1, -0.05) is 24.3 Å². The number of aromatic hydroxyl groups is 1. The number of ether oxygens (including phenoxy) is 2. The highest BCUT2D eigenvalue weighted by Gasteiger charge is 2.29. The summed E-state index contributed by atoms with van der Waals surface area (Å²) >= 11 is 0. The number of piperazine rings is 1. The minimum Gasteiger partial charge on any atom is -0.504 e. The molecule has 2 aliphatic rings. The summed E-state index contributed by atoms with van der Waals surface area (Å²) in [4.78, 5) is 7.54. The van der Waals surface area contributed by atoms with Crippen LogP contribution < -0.4 is 14.4 Å². The third-order valence-corrected chi connectivity index (χ3v) is 6.43. The maximum atomic E-state index is 10.4. The van der Waals surface area contributed by atoms with Crippen molar-refractivity contribution in [1.82, 2.24) is 9.80 Å². The monoisotopic (exact) mass is 411 g/mol. The van der Waals surface area contributed by atoms with Crippen LogP contribution in [-0.2, 0) is 6.54 Å². The van der Waals surface area contributed by atoms with E-state index in [0.717, 1.165) is 57.1 Å². The number of hydrogen-bond donors (Lipinski definition) is 1. The van der Waals surface area contributed by atoms with Crippen molar-refractivity contribution in [2.24, 2.45) is 0 Å². The fourth-order valence-corrected chi connectivity index (χ4v) is 4.79. The molecule has 0 saturated carbocycles. The summed E-state index contributed by atoms with van der Waals surface area (Å²) in [6.07, 6.45) is 2.44. The molecular weight excluding hydrogens is 378 g/mol. The first-order chi connectivity index (χ1) is 14.7. The molecule has 2 saturated heterocycles. The van der Waals surface area contributed by atoms with Crippen LogP contribution in [0.3, 0.4) is 0 Å². The number of nitrogens with zero attached hydrogens (tertiary/aromatic N) is 3. The van der Waals surface area contributed by atoms with Gasteiger partial charge in [-0.2, -0.15) is 0 Å². The minimum absolute atomic E-state index is 0.271. The Labute approximate surface area is 179 Å². The van der Waals surface area contributed by atoms with Crippen molar-refractivity contribution in [3.63, 3.8) is 0 Å². The number of phenolic OH excluding ortho intramolecular Hbond substituents is 1. The first-order valence-electron chi connectivity index (χ1n) is 10.9. The molecule has 6 nitrogen and oxygen atoms in total. The molecule has 2 aromatic rings. The summed E-state index contributed by atoms with van der Waals surface area (Å²) in [5.74, 6) is 1.77. The lowest BCUT2D eigenvalue weighted by molar-refractivity contribution is 0.0882. The summed E-state index contributed by atoms with van der Waals surface area (Å²) in [6.45, 7) is 7.07. The van der Waals surface area contributed by atoms with Gasteiger partial charge in [-0.05, 0) is 37.6 Å². The molecule has 0 bridgehead atoms. The van der Waals surface area contributed by atoms with Crippen molar-refractivity contribution < 1.29 is 14.6 Å². The molecule has 0 spiro atoms. The van der Waals surface area contributed by atoms with E-state index in [-0.39, 0.29) is 5.75 Å². The van der Waals surface area contributed by atoms with Gasteiger partial charge in [0.2, 0.25) is 0 Å². The van der Waals surface area contributed by atoms with E-state index >= 15 is 0 Å². The van der Waals surface area contributed by atoms with Gasteiger partial charge in [-0.25, -0.2) is 0 Å². The van der Waals surface area contributed by atoms with E-state index in [9.17, 15) is 5.11 Å². The van der Waals surface area contributed by atoms with Crippen molar-refractivity contribution in [3.05, 3.63) is 48.0 Å². The number of phenols is 1. The van der Waals surface area contributed by atoms with Gasteiger partial charge in [0, 0.05) is 50.9 Å². The average molecular weight is 412 g/mol. The van der Waals surface area contributed by atoms with E-state index in [1.165, 1.54) is 18.5 Å². The van der Waals surface area contributed by atoms with Crippen LogP contribution in [0.2, 0.25) is 0 Å². The molecule has 1 atom stereocenters. The van der Waals surface area contributed by atoms with Gasteiger partial charge in [0.1, 0.15) is 5.75 Å². The summed E-state index contributed by atoms with van der Waals surface area (Å²) < 4.78 is 10.8. The van der Waals surface area contributed by atoms with Gasteiger partial charge >= 0.3 is 0 Å². The van der Waals surface area contributed by atoms with Crippen molar-refractivity contribution >= 4 is 5.69 Å². The Balaban J connectivity index is 1.34. The molecule has 2 aromatic carbocycles. The highest BCUT2D eigenvalue weighted by atomic mass is 16.5. The third-order valence-electron chi connectivity index (χ3n) is 6.43. The van der Waals surface area contributed by atoms with E-state index < -0.39 is 0 Å². The molecular formula is C24H33N3O3. The lowest BCUT2D eigenvalue weighted by Gasteiger charge is -2.44. The molecule has 30 heavy (non-hydrogen) atoms. The second-order valence-corrected chi connectivity index (χ2v) is 8.19. The first-order valence-corrected chi connectivity index (χ1v) is 10.9. The predicted molar refractivity (Wildman–Crippen MR) is 120 cm³/mol. The Kier molecular flexibility index (Phi) is 6.65. The van der Waals surface area contributed by atoms with Gasteiger partial charge in [-0.15, -0.1) is 0 Å². The normalized spacial score (nSPS) is 20.9. The largest absolute Gasteiger partial charge is 0.504 e. The highest BCUT2D eigenvalue weighted by molar-refractivity contribution is 5.58. The second-order valence-electron chi connectivity index (χ2n) is 8.19. The lowest BCUT2D eigenvalue weighted by Crippen LogP contribution is -2.55. The maximum Gasteiger partial charge on any atom is 0.162 e. The predicted octanol–water partition coefficient (Wildman–Crippen LogP) is 3.20. The van der Waals surface area contributed by atoms with E-state index in [0.29, 0.717) is 11.8 Å². The van der Waals surface area contributed by atoms with E-state index in [2.05, 4.69) is 26.8 Å². The third kappa shape index (κ3) is 4.50. The number of likely N-dealkylation sites (tertiary alicyclic amines) is 1. The van der Waals surface area contributed by atoms with Gasteiger partial charge in [-0.3, -0.25) is 9.80 Å². The van der Waals surface area contributed by atoms with Crippen molar-refractivity contribution in [1.29, 1.82) is 0 Å². The van der Waals surface area contributed by atoms with Gasteiger partial charge < -0.3 is 19.5 Å². The van der Waals surface area contributed by atoms with Gasteiger partial charge in [0.25, 0.3) is 0 Å². The topological polar surface area (TPSA) is 48.4 Å². The van der Waals surface area contributed by atoms with Gasteiger partial charge in [0.05, 0.1) is 19.9 Å². The van der Waals surface area contributed by atoms with Crippen molar-refractivity contribution in [3.8, 4) is 17.2 Å². The Morgan fingerprint density at radius 1 is 0.900 bits per heavy atom. The van der Waals surface area contributed by atoms with Crippen LogP contribution in [0.25, 0.3) is 0 Å². The Bertz CT molecular complexity index is 836. The van der Waals surface area contributed by atoms with Crippen LogP contribution in [0.4, 0.5) is 5.69 Å². The number of rotatable bonds is 6. The highest BCUT2D eigenvalue weighted by Crippen LogP contribution is 2.32. The maximum absolute atomic E-state index is 10.4. The van der Waals surface area contributed by atoms with Crippen LogP contribution in [0, 0.1) is 0 Å². The first kappa shape index (κ1) is 20.8. The summed E-state index contributed by atoms with van der Waals surface area (Å²) in [5, 5.41) is 10.4. The van der Waals surface area contributed by atoms with E-state index in [1.807, 2.05) is 24.3 Å². The van der Waals surface area contributed by atoms with Crippen LogP contribution in [0.15, 0.2) is 42.5 Å². The van der Waals surface area contributed by atoms with Crippen LogP contribution in [-0.4, -0.2) is 74.4 Å². The molecule has 2 heterocycles. The fourth-order valence-electron chi connectivity index (χ4n) is 4.79. The van der Waals surface area contributed by atoms with Gasteiger partial charge in [0.15, 0.2) is 11.5 Å². The fraction of sp³-hybridized carbons (Fsp3) is 0.500. The summed E-state index contributed by atoms with van der Waals surface area (Å²) in [7, 11) is 3.34. The SMILES string of the molecule is COc1ccccc1N1CCN([C@@H]2CCCN(Cc3cccc(OC)c3O)C2)CC1. The van der Waals surface area contributed by atoms with Crippen LogP contribution >= 0.6 is 0 Å². The number of hydrogen-bond acceptors (Lipinski definition) is 6. The van der Waals surface area contributed by atoms with Crippen molar-refractivity contribution in [2.45, 2.75) is 25.4 Å². The molecule has 162 valence electrons. The zero-order valence-corrected chi connectivity index (χ0v) is 18.1. The number of benzene rings is 2. The molecule has 6 heteroatoms. The summed E-state index contributed by atoms with van der Waals surface area (Å²) in [6, 6.07) is 14.6. The molecule has 0 unspecified atom stereocenters. The average Bonchev–Trinajstić information content (AvgIpc) is 2.81. The molecule has 4 rings (SSSR count). The number of anilines is 1. The van der Waals surface area contributed by atoms with E-state index in [1.54, 1.807) is 20.3 Å². The number of methoxy groups -OCH3 is 2. The quantitative estimate of drug-likeness (QED) is 0.788. The smallest absolute Gasteiger partial charge is 0.162 e. The Hall–Kier alpha value is -2.44.